The van der Waals surface area contributed by atoms with Crippen molar-refractivity contribution in [3.8, 4) is 0 Å². The SMILES string of the molecule is CC(=O)N[C@H]1[C@H](OCCCCCCCCC(=O)NCCNc2c(Nc3cccc(C(=O)Nc4ccc(S(=O)(=O)O)c5cc(S(=O)(=O)O)cc(S(=O)(=O)O)c45)c3)c(=O)c2=O)O[C@H](CO)[C@@H](O[C@@H]2O[C@H](CO)[C@H](O)[C@H](O[C@]3(C(=O)O)C[C@H](O)[C@@H](NC(C)=O)[C@H]([C@H](O)[C@@H](O)CO)O3)[C@H]2O)[C@@H]1O[C@@H]1O[C@H](C)[C@H](O)[C@H](O)[C@H]1O. The molecule has 108 heavy (non-hydrogen) atoms. The number of aliphatic carboxylic acids is 1. The summed E-state index contributed by atoms with van der Waals surface area (Å²) < 4.78 is 151. The molecule has 602 valence electrons. The van der Waals surface area contributed by atoms with Crippen LogP contribution in [-0.2, 0) is 87.4 Å². The number of carboxylic acid groups (broad SMARTS) is 1. The van der Waals surface area contributed by atoms with Gasteiger partial charge in [-0.3, -0.25) is 42.4 Å². The van der Waals surface area contributed by atoms with Crippen molar-refractivity contribution in [1.82, 2.24) is 16.0 Å². The lowest BCUT2D eigenvalue weighted by molar-refractivity contribution is -0.391. The average molecular weight is 1600 g/mol. The van der Waals surface area contributed by atoms with E-state index in [-0.39, 0.29) is 60.7 Å². The molecule has 4 aliphatic heterocycles. The van der Waals surface area contributed by atoms with Gasteiger partial charge >= 0.3 is 5.97 Å². The van der Waals surface area contributed by atoms with Crippen LogP contribution in [-0.4, -0.2) is 298 Å². The van der Waals surface area contributed by atoms with Gasteiger partial charge < -0.3 is 131 Å². The van der Waals surface area contributed by atoms with E-state index in [2.05, 4.69) is 31.9 Å². The Balaban J connectivity index is 0.842. The van der Waals surface area contributed by atoms with Gasteiger partial charge in [0.05, 0.1) is 48.7 Å². The van der Waals surface area contributed by atoms with Gasteiger partial charge in [0.15, 0.2) is 18.9 Å². The second-order valence-corrected chi connectivity index (χ2v) is 30.2. The number of carbonyl (C=O) groups excluding carboxylic acids is 4. The van der Waals surface area contributed by atoms with Crippen LogP contribution >= 0.6 is 0 Å². The van der Waals surface area contributed by atoms with E-state index in [4.69, 9.17) is 37.9 Å². The highest BCUT2D eigenvalue weighted by Crippen LogP contribution is 2.41. The van der Waals surface area contributed by atoms with Crippen LogP contribution in [0.4, 0.5) is 22.7 Å². The predicted octanol–water partition coefficient (Wildman–Crippen LogP) is -5.76. The fourth-order valence-electron chi connectivity index (χ4n) is 12.7. The number of carboxylic acids is 1. The Kier molecular flexibility index (Phi) is 29.1. The van der Waals surface area contributed by atoms with Crippen LogP contribution in [0.25, 0.3) is 10.8 Å². The van der Waals surface area contributed by atoms with Crippen molar-refractivity contribution in [2.45, 2.75) is 215 Å². The molecule has 0 radical (unpaired) electrons. The summed E-state index contributed by atoms with van der Waals surface area (Å²) in [5.74, 6) is -8.21. The number of hydrogen-bond donors (Lipinski definition) is 21. The summed E-state index contributed by atoms with van der Waals surface area (Å²) in [6, 6.07) is 4.24. The van der Waals surface area contributed by atoms with Crippen LogP contribution in [0.2, 0.25) is 0 Å². The summed E-state index contributed by atoms with van der Waals surface area (Å²) in [5.41, 5.74) is -2.91. The number of carbonyl (C=O) groups is 5. The molecule has 4 saturated heterocycles. The third kappa shape index (κ3) is 20.3. The number of benzene rings is 3. The molecule has 0 aromatic heterocycles. The Hall–Kier alpha value is -7.08. The summed E-state index contributed by atoms with van der Waals surface area (Å²) in [6.07, 6.45) is -32.6. The molecule has 21 N–H and O–H groups in total. The van der Waals surface area contributed by atoms with Crippen molar-refractivity contribution < 1.29 is 162 Å². The second-order valence-electron chi connectivity index (χ2n) is 26.0. The summed E-state index contributed by atoms with van der Waals surface area (Å²) in [4.78, 5) is 86.6. The van der Waals surface area contributed by atoms with Crippen LogP contribution in [0, 0.1) is 0 Å². The molecule has 4 amide bonds. The van der Waals surface area contributed by atoms with Crippen molar-refractivity contribution in [2.75, 3.05) is 55.5 Å². The minimum absolute atomic E-state index is 0.0102. The van der Waals surface area contributed by atoms with E-state index in [9.17, 15) is 134 Å². The lowest BCUT2D eigenvalue weighted by Gasteiger charge is -2.51. The van der Waals surface area contributed by atoms with Gasteiger partial charge in [-0.15, -0.1) is 0 Å². The average Bonchev–Trinajstić information content (AvgIpc) is 0.745. The number of hydrogen-bond acceptors (Lipinski definition) is 34. The van der Waals surface area contributed by atoms with E-state index >= 15 is 0 Å². The Morgan fingerprint density at radius 1 is 0.648 bits per heavy atom. The monoisotopic (exact) mass is 1600 g/mol. The van der Waals surface area contributed by atoms with Gasteiger partial charge in [-0.1, -0.05) is 31.7 Å². The zero-order valence-corrected chi connectivity index (χ0v) is 60.0. The highest BCUT2D eigenvalue weighted by molar-refractivity contribution is 7.87. The number of fused-ring (bicyclic) bond motifs is 1. The first-order chi connectivity index (χ1) is 50.7. The number of nitrogens with one attached hydrogen (secondary N) is 6. The van der Waals surface area contributed by atoms with Crippen LogP contribution in [0.5, 0.6) is 0 Å². The molecule has 42 nitrogen and oxygen atoms in total. The largest absolute Gasteiger partial charge is 0.477 e. The van der Waals surface area contributed by atoms with Crippen molar-refractivity contribution in [1.29, 1.82) is 0 Å². The molecule has 0 unspecified atom stereocenters. The summed E-state index contributed by atoms with van der Waals surface area (Å²) in [6.45, 7) is 0.0294. The molecule has 21 atom stereocenters. The molecule has 0 saturated carbocycles. The lowest BCUT2D eigenvalue weighted by atomic mass is 9.88. The minimum atomic E-state index is -5.45. The number of aliphatic hydroxyl groups excluding tert-OH is 11. The maximum absolute atomic E-state index is 13.6. The quantitative estimate of drug-likeness (QED) is 0.0116. The van der Waals surface area contributed by atoms with Crippen LogP contribution in [0.1, 0.15) is 82.5 Å². The fraction of sp³-hybridized carbons (Fsp3) is 0.603. The zero-order valence-electron chi connectivity index (χ0n) is 57.6. The van der Waals surface area contributed by atoms with E-state index in [1.54, 1.807) is 0 Å². The molecule has 4 aromatic rings. The van der Waals surface area contributed by atoms with Gasteiger partial charge in [-0.2, -0.15) is 25.3 Å². The molecule has 4 aliphatic rings. The number of ether oxygens (including phenoxy) is 8. The van der Waals surface area contributed by atoms with Gasteiger partial charge in [-0.05, 0) is 62.2 Å². The summed E-state index contributed by atoms with van der Waals surface area (Å²) >= 11 is 0. The molecule has 45 heteroatoms. The fourth-order valence-corrected chi connectivity index (χ4v) is 14.8. The maximum Gasteiger partial charge on any atom is 0.364 e. The smallest absolute Gasteiger partial charge is 0.364 e. The van der Waals surface area contributed by atoms with E-state index in [1.165, 1.54) is 31.2 Å². The molecular weight excluding hydrogens is 1510 g/mol. The molecule has 4 fully saturated rings. The third-order valence-corrected chi connectivity index (χ3v) is 20.8. The summed E-state index contributed by atoms with van der Waals surface area (Å²) in [7, 11) is -16.0. The van der Waals surface area contributed by atoms with E-state index < -0.39 is 251 Å². The predicted molar refractivity (Wildman–Crippen MR) is 363 cm³/mol. The van der Waals surface area contributed by atoms with E-state index in [1.807, 2.05) is 0 Å². The van der Waals surface area contributed by atoms with Crippen molar-refractivity contribution in [3.05, 3.63) is 74.5 Å². The Labute approximate surface area is 614 Å². The van der Waals surface area contributed by atoms with Gasteiger partial charge in [0, 0.05) is 68.4 Å². The molecule has 0 aliphatic carbocycles. The molecule has 0 bridgehead atoms. The minimum Gasteiger partial charge on any atom is -0.477 e. The number of anilines is 4. The Morgan fingerprint density at radius 3 is 1.88 bits per heavy atom. The standard InChI is InChI=1S/C63H86N6O36S3/c1-26-46(78)51(83)52(84)60(99-26)103-56-45(67-28(3)74)59(101-37(25-72)54(56)102-61-53(85)57(48(80)36(24-71)100-61)105-63(62(87)88)22-34(75)42(66-27(2)73)55(104-63)47(79)35(76)23-70)98-18-9-7-5-4-6-8-13-40(77)64-16-17-65-43-44(50(82)49(43)81)68-30-12-10-11-29(19-30)58(86)69-33-14-15-38(107(92,93)94)32-20-31(106(89,90)91)21-39(41(32)33)108(95,96)97/h10-12,14-15,19-21,26,34-37,42,45-48,51-57,59-61,65,68,70-72,75-76,78-80,83-85H,4-9,13,16-18,22-25H2,1-3H3,(H,64,77)(H,66,73)(H,67,74)(H,69,86)(H,87,88)(H,89,90,91)(H,92,93,94)(H,95,96,97)/t26-,34+,35+,36-,37-,42-,45-,46+,47-,48+,51+,52-,53-,54-,55-,56-,57+,59-,60+,61+,63+/m1/s1. The molecule has 0 spiro atoms. The highest BCUT2D eigenvalue weighted by Gasteiger charge is 2.61. The van der Waals surface area contributed by atoms with E-state index in [0.717, 1.165) is 19.9 Å². The summed E-state index contributed by atoms with van der Waals surface area (Å²) in [5, 5.41) is 144. The van der Waals surface area contributed by atoms with Gasteiger partial charge in [0.25, 0.3) is 52.9 Å². The molecule has 8 rings (SSSR count). The third-order valence-electron chi connectivity index (χ3n) is 18.2. The second kappa shape index (κ2) is 36.4. The Bertz CT molecular complexity index is 4300. The number of aliphatic hydroxyl groups is 11. The Morgan fingerprint density at radius 2 is 1.26 bits per heavy atom. The topological polar surface area (TPSA) is 671 Å². The van der Waals surface area contributed by atoms with Crippen LogP contribution in [0.15, 0.2) is 72.8 Å². The normalized spacial score (nSPS) is 29.7. The molecule has 4 aromatic carbocycles. The number of amides is 4. The maximum atomic E-state index is 13.6. The first kappa shape index (κ1) is 86.5. The first-order valence-electron chi connectivity index (χ1n) is 33.5. The van der Waals surface area contributed by atoms with Gasteiger partial charge in [0.2, 0.25) is 17.7 Å². The molecule has 4 heterocycles. The van der Waals surface area contributed by atoms with Crippen LogP contribution < -0.4 is 42.8 Å². The van der Waals surface area contributed by atoms with Gasteiger partial charge in [0.1, 0.15) is 107 Å². The lowest BCUT2D eigenvalue weighted by Crippen LogP contribution is -2.71. The first-order valence-corrected chi connectivity index (χ1v) is 37.8. The molecular formula is C63H86N6O36S3. The van der Waals surface area contributed by atoms with Crippen LogP contribution in [0.3, 0.4) is 0 Å². The van der Waals surface area contributed by atoms with Crippen molar-refractivity contribution in [2.24, 2.45) is 0 Å². The van der Waals surface area contributed by atoms with Gasteiger partial charge in [-0.25, -0.2) is 4.79 Å². The van der Waals surface area contributed by atoms with E-state index in [0.29, 0.717) is 50.7 Å². The van der Waals surface area contributed by atoms with Crippen molar-refractivity contribution >= 4 is 93.5 Å². The highest BCUT2D eigenvalue weighted by atomic mass is 32.2. The van der Waals surface area contributed by atoms with Crippen molar-refractivity contribution in [3.63, 3.8) is 0 Å². The number of unbranched alkanes of at least 4 members (excludes halogenated alkanes) is 5. The zero-order chi connectivity index (χ0) is 79.8. The number of rotatable bonds is 35.